The smallest absolute Gasteiger partial charge is 0.306 e. The van der Waals surface area contributed by atoms with E-state index in [9.17, 15) is 19.5 Å². The Morgan fingerprint density at radius 3 is 0.988 bits per heavy atom. The molecule has 0 radical (unpaired) electrons. The van der Waals surface area contributed by atoms with Gasteiger partial charge in [-0.3, -0.25) is 9.59 Å². The fourth-order valence-electron chi connectivity index (χ4n) is 8.25. The lowest BCUT2D eigenvalue weighted by Crippen LogP contribution is -2.44. The summed E-state index contributed by atoms with van der Waals surface area (Å²) in [6, 6.07) is 0. The van der Waals surface area contributed by atoms with E-state index in [-0.39, 0.29) is 38.6 Å². The zero-order valence-electron chi connectivity index (χ0n) is 52.1. The van der Waals surface area contributed by atoms with Gasteiger partial charge in [-0.1, -0.05) is 250 Å². The van der Waals surface area contributed by atoms with Gasteiger partial charge in [0.25, 0.3) is 0 Å². The number of carboxylic acid groups (broad SMARTS) is 1. The number of nitrogens with zero attached hydrogens (tertiary/aromatic N) is 1. The second kappa shape index (κ2) is 61.2. The third-order valence-corrected chi connectivity index (χ3v) is 13.1. The maximum Gasteiger partial charge on any atom is 0.306 e. The molecule has 0 saturated carbocycles. The Morgan fingerprint density at radius 2 is 0.667 bits per heavy atom. The van der Waals surface area contributed by atoms with Crippen LogP contribution in [-0.2, 0) is 33.3 Å². The topological polar surface area (TPSA) is 111 Å². The standard InChI is InChI=1S/C72H117NO8/c1-6-8-10-12-14-16-18-20-22-23-24-25-26-27-28-29-30-31-32-33-34-35-36-37-38-39-40-41-42-43-44-45-46-47-49-51-53-55-57-59-61-63-70(75)81-68(67-80-72(71(76)77)78-65-64-73(3,4)5)66-79-69(74)62-60-58-56-54-52-50-48-21-19-17-15-13-11-9-7-2/h8-11,14-17,20-22,24-25,27-28,30-31,33-34,36-37,39-40,48,68,72H,6-7,12-13,18-19,23,26,29,32,35,38,41-47,49-67H2,1-5H3/b10-8-,11-9-,16-14-,17-15-,22-20-,25-24-,28-27-,31-30-,34-33-,37-36-,40-39-,48-21-. The maximum atomic E-state index is 12.9. The van der Waals surface area contributed by atoms with Crippen LogP contribution in [0.5, 0.6) is 0 Å². The second-order valence-corrected chi connectivity index (χ2v) is 21.9. The van der Waals surface area contributed by atoms with E-state index >= 15 is 0 Å². The molecule has 2 atom stereocenters. The number of carboxylic acids is 1. The Kier molecular flexibility index (Phi) is 57.6. The van der Waals surface area contributed by atoms with Gasteiger partial charge in [-0.25, -0.2) is 0 Å². The minimum atomic E-state index is -1.63. The van der Waals surface area contributed by atoms with Crippen molar-refractivity contribution in [3.8, 4) is 0 Å². The predicted molar refractivity (Wildman–Crippen MR) is 342 cm³/mol. The van der Waals surface area contributed by atoms with Gasteiger partial charge in [-0.2, -0.15) is 0 Å². The summed E-state index contributed by atoms with van der Waals surface area (Å²) in [4.78, 5) is 37.3. The van der Waals surface area contributed by atoms with E-state index in [4.69, 9.17) is 18.9 Å². The van der Waals surface area contributed by atoms with Crippen LogP contribution in [0.2, 0.25) is 0 Å². The molecule has 0 aromatic carbocycles. The fraction of sp³-hybridized carbons (Fsp3) is 0.625. The zero-order chi connectivity index (χ0) is 59.1. The highest BCUT2D eigenvalue weighted by atomic mass is 16.7. The van der Waals surface area contributed by atoms with Crippen LogP contribution in [0.25, 0.3) is 0 Å². The number of ether oxygens (including phenoxy) is 4. The Morgan fingerprint density at radius 1 is 0.370 bits per heavy atom. The van der Waals surface area contributed by atoms with Gasteiger partial charge in [0.2, 0.25) is 0 Å². The van der Waals surface area contributed by atoms with Gasteiger partial charge in [-0.15, -0.1) is 0 Å². The Hall–Kier alpha value is -4.83. The van der Waals surface area contributed by atoms with Gasteiger partial charge in [-0.05, 0) is 116 Å². The molecule has 0 aromatic rings. The van der Waals surface area contributed by atoms with Crippen molar-refractivity contribution in [2.45, 2.75) is 245 Å². The average molecular weight is 1120 g/mol. The molecule has 0 saturated heterocycles. The van der Waals surface area contributed by atoms with Crippen molar-refractivity contribution < 1.29 is 42.9 Å². The van der Waals surface area contributed by atoms with Crippen LogP contribution in [0.15, 0.2) is 146 Å². The van der Waals surface area contributed by atoms with E-state index in [0.29, 0.717) is 23.9 Å². The number of carbonyl (C=O) groups excluding carboxylic acids is 3. The molecule has 0 N–H and O–H groups in total. The molecule has 0 fully saturated rings. The summed E-state index contributed by atoms with van der Waals surface area (Å²) < 4.78 is 22.7. The summed E-state index contributed by atoms with van der Waals surface area (Å²) in [5, 5.41) is 11.8. The lowest BCUT2D eigenvalue weighted by molar-refractivity contribution is -0.870. The molecule has 0 aliphatic heterocycles. The number of esters is 2. The lowest BCUT2D eigenvalue weighted by atomic mass is 10.0. The SMILES string of the molecule is CC/C=C\C/C=C\C/C=C\C/C=C\C/C=C\C/C=C\C/C=C\C/C=C\C/C=C\CCCCCCCCCCCCCCCC(=O)OC(COC(=O)CCCCCCC/C=C\C/C=C\C/C=C\CC)COC(OCC[N+](C)(C)C)C(=O)[O-]. The van der Waals surface area contributed by atoms with Gasteiger partial charge >= 0.3 is 11.9 Å². The molecule has 0 aliphatic rings. The monoisotopic (exact) mass is 1120 g/mol. The van der Waals surface area contributed by atoms with Crippen molar-refractivity contribution in [1.82, 2.24) is 0 Å². The van der Waals surface area contributed by atoms with Crippen LogP contribution in [0.4, 0.5) is 0 Å². The van der Waals surface area contributed by atoms with Crippen molar-refractivity contribution in [2.75, 3.05) is 47.5 Å². The number of rotatable bonds is 57. The van der Waals surface area contributed by atoms with Gasteiger partial charge in [0.05, 0.1) is 40.3 Å². The number of unbranched alkanes of at least 4 members (excludes halogenated alkanes) is 18. The molecule has 0 spiro atoms. The molecular formula is C72H117NO8. The molecule has 0 rings (SSSR count). The van der Waals surface area contributed by atoms with Crippen molar-refractivity contribution >= 4 is 17.9 Å². The second-order valence-electron chi connectivity index (χ2n) is 21.9. The van der Waals surface area contributed by atoms with Crippen LogP contribution in [0.3, 0.4) is 0 Å². The molecule has 0 amide bonds. The molecule has 0 aliphatic carbocycles. The van der Waals surface area contributed by atoms with Crippen molar-refractivity contribution in [3.05, 3.63) is 146 Å². The van der Waals surface area contributed by atoms with Crippen LogP contribution in [0.1, 0.15) is 232 Å². The van der Waals surface area contributed by atoms with Crippen molar-refractivity contribution in [1.29, 1.82) is 0 Å². The minimum Gasteiger partial charge on any atom is -0.545 e. The quantitative estimate of drug-likeness (QED) is 0.0195. The number of carbonyl (C=O) groups is 3. The number of hydrogen-bond acceptors (Lipinski definition) is 8. The molecule has 2 unspecified atom stereocenters. The lowest BCUT2D eigenvalue weighted by Gasteiger charge is -2.26. The van der Waals surface area contributed by atoms with Crippen LogP contribution in [0, 0.1) is 0 Å². The number of likely N-dealkylation sites (N-methyl/N-ethyl adjacent to an activating group) is 1. The van der Waals surface area contributed by atoms with Gasteiger partial charge in [0.1, 0.15) is 13.2 Å². The number of hydrogen-bond donors (Lipinski definition) is 0. The summed E-state index contributed by atoms with van der Waals surface area (Å²) in [6.45, 7) is 4.48. The predicted octanol–water partition coefficient (Wildman–Crippen LogP) is 18.2. The molecule has 0 aromatic heterocycles. The van der Waals surface area contributed by atoms with Gasteiger partial charge < -0.3 is 33.3 Å². The van der Waals surface area contributed by atoms with Gasteiger partial charge in [0, 0.05) is 12.8 Å². The highest BCUT2D eigenvalue weighted by Crippen LogP contribution is 2.15. The molecule has 81 heavy (non-hydrogen) atoms. The third-order valence-electron chi connectivity index (χ3n) is 13.1. The first kappa shape index (κ1) is 76.2. The molecule has 0 bridgehead atoms. The van der Waals surface area contributed by atoms with Crippen LogP contribution >= 0.6 is 0 Å². The number of aliphatic carboxylic acids is 1. The van der Waals surface area contributed by atoms with Crippen LogP contribution in [-0.4, -0.2) is 82.3 Å². The summed E-state index contributed by atoms with van der Waals surface area (Å²) in [6.07, 6.45) is 86.3. The molecule has 9 heteroatoms. The van der Waals surface area contributed by atoms with E-state index in [1.54, 1.807) is 0 Å². The average Bonchev–Trinajstić information content (AvgIpc) is 3.44. The van der Waals surface area contributed by atoms with E-state index in [2.05, 4.69) is 160 Å². The largest absolute Gasteiger partial charge is 0.545 e. The Bertz CT molecular complexity index is 1840. The molecule has 9 nitrogen and oxygen atoms in total. The van der Waals surface area contributed by atoms with E-state index in [1.165, 1.54) is 64.2 Å². The molecule has 0 heterocycles. The zero-order valence-corrected chi connectivity index (χ0v) is 52.1. The minimum absolute atomic E-state index is 0.138. The summed E-state index contributed by atoms with van der Waals surface area (Å²) in [5.74, 6) is -2.32. The number of quaternary nitrogens is 1. The Balaban J connectivity index is 4.10. The van der Waals surface area contributed by atoms with Crippen molar-refractivity contribution in [3.63, 3.8) is 0 Å². The van der Waals surface area contributed by atoms with E-state index in [1.807, 2.05) is 21.1 Å². The van der Waals surface area contributed by atoms with Crippen molar-refractivity contribution in [2.24, 2.45) is 0 Å². The van der Waals surface area contributed by atoms with E-state index in [0.717, 1.165) is 128 Å². The first-order valence-corrected chi connectivity index (χ1v) is 32.0. The highest BCUT2D eigenvalue weighted by molar-refractivity contribution is 5.70. The maximum absolute atomic E-state index is 12.9. The molecular weight excluding hydrogens is 1010 g/mol. The molecule has 458 valence electrons. The Labute approximate surface area is 496 Å². The summed E-state index contributed by atoms with van der Waals surface area (Å²) in [5.41, 5.74) is 0. The van der Waals surface area contributed by atoms with E-state index < -0.39 is 24.3 Å². The normalized spacial score (nSPS) is 13.7. The van der Waals surface area contributed by atoms with Crippen LogP contribution < -0.4 is 5.11 Å². The summed E-state index contributed by atoms with van der Waals surface area (Å²) >= 11 is 0. The first-order valence-electron chi connectivity index (χ1n) is 32.0. The highest BCUT2D eigenvalue weighted by Gasteiger charge is 2.22. The summed E-state index contributed by atoms with van der Waals surface area (Å²) in [7, 11) is 5.91. The van der Waals surface area contributed by atoms with Gasteiger partial charge in [0.15, 0.2) is 12.4 Å². The fourth-order valence-corrected chi connectivity index (χ4v) is 8.25. The first-order chi connectivity index (χ1) is 39.6. The third kappa shape index (κ3) is 62.6. The number of allylic oxidation sites excluding steroid dienone is 24.